The molecular formula is C21H20N2O3. The van der Waals surface area contributed by atoms with Crippen molar-refractivity contribution in [3.8, 4) is 5.75 Å². The van der Waals surface area contributed by atoms with Crippen molar-refractivity contribution in [3.05, 3.63) is 83.3 Å². The molecule has 1 heterocycles. The first-order chi connectivity index (χ1) is 12.6. The summed E-state index contributed by atoms with van der Waals surface area (Å²) in [5.74, 6) is 1.34. The molecule has 5 nitrogen and oxygen atoms in total. The second-order valence-corrected chi connectivity index (χ2v) is 5.85. The number of nitrogens with zero attached hydrogens (tertiary/aromatic N) is 1. The zero-order valence-electron chi connectivity index (χ0n) is 14.7. The van der Waals surface area contributed by atoms with Gasteiger partial charge in [0.1, 0.15) is 18.1 Å². The molecule has 0 radical (unpaired) electrons. The average Bonchev–Trinajstić information content (AvgIpc) is 2.98. The van der Waals surface area contributed by atoms with Crippen LogP contribution in [0.15, 0.2) is 65.2 Å². The van der Waals surface area contributed by atoms with E-state index in [1.165, 1.54) is 6.08 Å². The van der Waals surface area contributed by atoms with Gasteiger partial charge in [-0.05, 0) is 49.8 Å². The largest absolute Gasteiger partial charge is 0.489 e. The van der Waals surface area contributed by atoms with Crippen LogP contribution in [-0.4, -0.2) is 11.1 Å². The molecule has 0 saturated heterocycles. The Morgan fingerprint density at radius 1 is 1.12 bits per heavy atom. The van der Waals surface area contributed by atoms with Crippen molar-refractivity contribution < 1.29 is 14.1 Å². The number of para-hydroxylation sites is 1. The predicted octanol–water partition coefficient (Wildman–Crippen LogP) is 4.52. The number of hydrogen-bond acceptors (Lipinski definition) is 4. The van der Waals surface area contributed by atoms with Gasteiger partial charge in [-0.3, -0.25) is 4.79 Å². The number of ether oxygens (including phenoxy) is 1. The van der Waals surface area contributed by atoms with Gasteiger partial charge < -0.3 is 14.6 Å². The maximum Gasteiger partial charge on any atom is 0.248 e. The zero-order chi connectivity index (χ0) is 18.4. The molecule has 0 aliphatic rings. The lowest BCUT2D eigenvalue weighted by molar-refractivity contribution is -0.111. The summed E-state index contributed by atoms with van der Waals surface area (Å²) in [7, 11) is 0. The third kappa shape index (κ3) is 4.60. The Morgan fingerprint density at radius 3 is 2.50 bits per heavy atom. The Kier molecular flexibility index (Phi) is 5.49. The molecule has 26 heavy (non-hydrogen) atoms. The fraction of sp³-hybridized carbons (Fsp3) is 0.143. The Bertz CT molecular complexity index is 877. The van der Waals surface area contributed by atoms with Crippen LogP contribution in [-0.2, 0) is 11.4 Å². The van der Waals surface area contributed by atoms with E-state index in [0.29, 0.717) is 6.61 Å². The minimum absolute atomic E-state index is 0.171. The topological polar surface area (TPSA) is 64.4 Å². The van der Waals surface area contributed by atoms with Crippen LogP contribution in [0.25, 0.3) is 6.08 Å². The molecule has 0 fully saturated rings. The summed E-state index contributed by atoms with van der Waals surface area (Å²) in [6.45, 7) is 4.17. The highest BCUT2D eigenvalue weighted by Crippen LogP contribution is 2.18. The summed E-state index contributed by atoms with van der Waals surface area (Å²) in [4.78, 5) is 11.9. The molecule has 0 aliphatic heterocycles. The van der Waals surface area contributed by atoms with E-state index in [-0.39, 0.29) is 5.91 Å². The van der Waals surface area contributed by atoms with E-state index in [0.717, 1.165) is 34.0 Å². The van der Waals surface area contributed by atoms with Crippen molar-refractivity contribution >= 4 is 17.7 Å². The second kappa shape index (κ2) is 8.16. The van der Waals surface area contributed by atoms with Crippen LogP contribution in [0, 0.1) is 13.8 Å². The highest BCUT2D eigenvalue weighted by Gasteiger charge is 2.09. The molecule has 1 aromatic heterocycles. The molecule has 1 N–H and O–H groups in total. The Morgan fingerprint density at radius 2 is 1.85 bits per heavy atom. The van der Waals surface area contributed by atoms with Gasteiger partial charge in [0.15, 0.2) is 0 Å². The molecule has 2 aromatic carbocycles. The van der Waals surface area contributed by atoms with Crippen LogP contribution in [0.3, 0.4) is 0 Å². The molecule has 0 spiro atoms. The molecule has 0 bridgehead atoms. The molecule has 0 atom stereocenters. The van der Waals surface area contributed by atoms with E-state index < -0.39 is 0 Å². The van der Waals surface area contributed by atoms with E-state index >= 15 is 0 Å². The van der Waals surface area contributed by atoms with Gasteiger partial charge in [0.05, 0.1) is 11.3 Å². The molecule has 0 unspecified atom stereocenters. The van der Waals surface area contributed by atoms with E-state index in [2.05, 4.69) is 10.5 Å². The van der Waals surface area contributed by atoms with Crippen molar-refractivity contribution in [3.63, 3.8) is 0 Å². The highest BCUT2D eigenvalue weighted by molar-refractivity contribution is 6.01. The summed E-state index contributed by atoms with van der Waals surface area (Å²) in [5, 5.41) is 6.72. The first-order valence-electron chi connectivity index (χ1n) is 8.30. The number of carbonyl (C=O) groups is 1. The number of hydrogen-bond donors (Lipinski definition) is 1. The Balaban J connectivity index is 1.55. The highest BCUT2D eigenvalue weighted by atomic mass is 16.5. The SMILES string of the molecule is Cc1noc(C)c1COc1ccc(C=CC(=O)Nc2ccccc2)cc1. The minimum Gasteiger partial charge on any atom is -0.489 e. The maximum atomic E-state index is 11.9. The number of carbonyl (C=O) groups excluding carboxylic acids is 1. The van der Waals surface area contributed by atoms with Crippen molar-refractivity contribution in [2.45, 2.75) is 20.5 Å². The quantitative estimate of drug-likeness (QED) is 0.665. The van der Waals surface area contributed by atoms with Gasteiger partial charge in [-0.25, -0.2) is 0 Å². The number of anilines is 1. The summed E-state index contributed by atoms with van der Waals surface area (Å²) in [6, 6.07) is 16.9. The number of benzene rings is 2. The average molecular weight is 348 g/mol. The van der Waals surface area contributed by atoms with Crippen molar-refractivity contribution in [1.29, 1.82) is 0 Å². The number of aryl methyl sites for hydroxylation is 2. The van der Waals surface area contributed by atoms with Crippen LogP contribution in [0.4, 0.5) is 5.69 Å². The number of rotatable bonds is 6. The summed E-state index contributed by atoms with van der Waals surface area (Å²) in [5.41, 5.74) is 3.49. The lowest BCUT2D eigenvalue weighted by Gasteiger charge is -2.06. The first kappa shape index (κ1) is 17.5. The molecule has 0 aliphatic carbocycles. The van der Waals surface area contributed by atoms with Crippen molar-refractivity contribution in [1.82, 2.24) is 5.16 Å². The van der Waals surface area contributed by atoms with Crippen molar-refractivity contribution in [2.24, 2.45) is 0 Å². The van der Waals surface area contributed by atoms with Crippen LogP contribution >= 0.6 is 0 Å². The molecular weight excluding hydrogens is 328 g/mol. The fourth-order valence-corrected chi connectivity index (χ4v) is 2.42. The first-order valence-corrected chi connectivity index (χ1v) is 8.30. The maximum absolute atomic E-state index is 11.9. The predicted molar refractivity (Wildman–Crippen MR) is 101 cm³/mol. The van der Waals surface area contributed by atoms with E-state index in [4.69, 9.17) is 9.26 Å². The minimum atomic E-state index is -0.171. The normalized spacial score (nSPS) is 10.8. The second-order valence-electron chi connectivity index (χ2n) is 5.85. The van der Waals surface area contributed by atoms with Gasteiger partial charge in [-0.1, -0.05) is 35.5 Å². The van der Waals surface area contributed by atoms with Gasteiger partial charge in [0.2, 0.25) is 5.91 Å². The van der Waals surface area contributed by atoms with E-state index in [1.807, 2.05) is 68.4 Å². The van der Waals surface area contributed by atoms with Crippen LogP contribution in [0.2, 0.25) is 0 Å². The van der Waals surface area contributed by atoms with E-state index in [9.17, 15) is 4.79 Å². The van der Waals surface area contributed by atoms with Gasteiger partial charge in [0.25, 0.3) is 0 Å². The Labute approximate surface area is 152 Å². The smallest absolute Gasteiger partial charge is 0.248 e. The monoisotopic (exact) mass is 348 g/mol. The summed E-state index contributed by atoms with van der Waals surface area (Å²) < 4.78 is 10.9. The van der Waals surface area contributed by atoms with Gasteiger partial charge in [0, 0.05) is 11.8 Å². The standard InChI is InChI=1S/C21H20N2O3/c1-15-20(16(2)26-23-15)14-25-19-11-8-17(9-12-19)10-13-21(24)22-18-6-4-3-5-7-18/h3-13H,14H2,1-2H3,(H,22,24). The molecule has 1 amide bonds. The third-order valence-electron chi connectivity index (χ3n) is 3.91. The lowest BCUT2D eigenvalue weighted by atomic mass is 10.2. The molecule has 5 heteroatoms. The third-order valence-corrected chi connectivity index (χ3v) is 3.91. The van der Waals surface area contributed by atoms with Crippen LogP contribution < -0.4 is 10.1 Å². The molecule has 3 aromatic rings. The number of aromatic nitrogens is 1. The van der Waals surface area contributed by atoms with Gasteiger partial charge in [-0.2, -0.15) is 0 Å². The van der Waals surface area contributed by atoms with Gasteiger partial charge >= 0.3 is 0 Å². The Hall–Kier alpha value is -3.34. The molecule has 3 rings (SSSR count). The molecule has 132 valence electrons. The molecule has 0 saturated carbocycles. The van der Waals surface area contributed by atoms with Crippen LogP contribution in [0.5, 0.6) is 5.75 Å². The van der Waals surface area contributed by atoms with E-state index in [1.54, 1.807) is 6.08 Å². The van der Waals surface area contributed by atoms with Crippen LogP contribution in [0.1, 0.15) is 22.6 Å². The summed E-state index contributed by atoms with van der Waals surface area (Å²) in [6.07, 6.45) is 3.27. The van der Waals surface area contributed by atoms with Gasteiger partial charge in [-0.15, -0.1) is 0 Å². The summed E-state index contributed by atoms with van der Waals surface area (Å²) >= 11 is 0. The number of amides is 1. The zero-order valence-corrected chi connectivity index (χ0v) is 14.7. The number of nitrogens with one attached hydrogen (secondary N) is 1. The lowest BCUT2D eigenvalue weighted by Crippen LogP contribution is -2.07. The van der Waals surface area contributed by atoms with Crippen molar-refractivity contribution in [2.75, 3.05) is 5.32 Å². The fourth-order valence-electron chi connectivity index (χ4n) is 2.42.